The maximum Gasteiger partial charge on any atom is 0.344 e. The van der Waals surface area contributed by atoms with Crippen molar-refractivity contribution < 1.29 is 23.8 Å². The number of hydrogen-bond donors (Lipinski definition) is 1. The molecule has 1 aliphatic heterocycles. The fourth-order valence-electron chi connectivity index (χ4n) is 4.58. The van der Waals surface area contributed by atoms with E-state index in [-0.39, 0.29) is 17.6 Å². The average Bonchev–Trinajstić information content (AvgIpc) is 2.82. The Morgan fingerprint density at radius 2 is 1.97 bits per heavy atom. The monoisotopic (exact) mass is 451 g/mol. The van der Waals surface area contributed by atoms with E-state index in [0.29, 0.717) is 42.2 Å². The number of phenolic OH excluding ortho intramolecular Hbond substituents is 1. The second kappa shape index (κ2) is 9.67. The number of phenols is 1. The van der Waals surface area contributed by atoms with Gasteiger partial charge in [0.25, 0.3) is 0 Å². The minimum atomic E-state index is -0.458. The molecular formula is C26H29NO6. The first-order chi connectivity index (χ1) is 15.9. The highest BCUT2D eigenvalue weighted by atomic mass is 16.5. The number of carbonyl (C=O) groups is 1. The molecular weight excluding hydrogens is 422 g/mol. The Hall–Kier alpha value is -3.32. The summed E-state index contributed by atoms with van der Waals surface area (Å²) >= 11 is 0. The summed E-state index contributed by atoms with van der Waals surface area (Å²) in [5.74, 6) is 0.402. The molecule has 1 atom stereocenters. The van der Waals surface area contributed by atoms with Crippen LogP contribution in [0.15, 0.2) is 45.6 Å². The Morgan fingerprint density at radius 3 is 2.67 bits per heavy atom. The second-order valence-electron chi connectivity index (χ2n) is 8.38. The van der Waals surface area contributed by atoms with Crippen LogP contribution in [0.2, 0.25) is 0 Å². The first kappa shape index (κ1) is 22.9. The van der Waals surface area contributed by atoms with Crippen molar-refractivity contribution in [2.75, 3.05) is 26.8 Å². The van der Waals surface area contributed by atoms with Crippen LogP contribution in [0.5, 0.6) is 11.5 Å². The Kier molecular flexibility index (Phi) is 6.70. The lowest BCUT2D eigenvalue weighted by Crippen LogP contribution is -2.39. The van der Waals surface area contributed by atoms with Crippen molar-refractivity contribution in [3.05, 3.63) is 57.9 Å². The number of likely N-dealkylation sites (tertiary alicyclic amines) is 1. The van der Waals surface area contributed by atoms with Gasteiger partial charge in [0.2, 0.25) is 0 Å². The number of fused-ring (bicyclic) bond motifs is 1. The van der Waals surface area contributed by atoms with Crippen molar-refractivity contribution in [1.82, 2.24) is 4.90 Å². The summed E-state index contributed by atoms with van der Waals surface area (Å²) in [6.45, 7) is 5.76. The van der Waals surface area contributed by atoms with Crippen molar-refractivity contribution in [3.8, 4) is 22.6 Å². The number of ether oxygens (including phenoxy) is 2. The highest BCUT2D eigenvalue weighted by Gasteiger charge is 2.28. The summed E-state index contributed by atoms with van der Waals surface area (Å²) in [6, 6.07) is 10.7. The first-order valence-corrected chi connectivity index (χ1v) is 11.2. The third-order valence-electron chi connectivity index (χ3n) is 6.30. The molecule has 1 aromatic heterocycles. The number of benzene rings is 2. The molecule has 0 spiro atoms. The largest absolute Gasteiger partial charge is 0.507 e. The summed E-state index contributed by atoms with van der Waals surface area (Å²) in [7, 11) is 1.59. The number of hydrogen-bond acceptors (Lipinski definition) is 7. The van der Waals surface area contributed by atoms with Gasteiger partial charge in [0, 0.05) is 18.5 Å². The van der Waals surface area contributed by atoms with Crippen LogP contribution in [0.4, 0.5) is 0 Å². The van der Waals surface area contributed by atoms with Crippen LogP contribution < -0.4 is 10.4 Å². The lowest BCUT2D eigenvalue weighted by molar-refractivity contribution is -0.150. The summed E-state index contributed by atoms with van der Waals surface area (Å²) < 4.78 is 16.2. The van der Waals surface area contributed by atoms with Crippen LogP contribution in [-0.2, 0) is 16.1 Å². The minimum absolute atomic E-state index is 0.0699. The van der Waals surface area contributed by atoms with Crippen molar-refractivity contribution in [3.63, 3.8) is 0 Å². The molecule has 0 bridgehead atoms. The third kappa shape index (κ3) is 4.59. The zero-order valence-electron chi connectivity index (χ0n) is 19.2. The first-order valence-electron chi connectivity index (χ1n) is 11.2. The van der Waals surface area contributed by atoms with Crippen LogP contribution in [0.1, 0.15) is 30.9 Å². The average molecular weight is 452 g/mol. The molecule has 1 N–H and O–H groups in total. The number of carbonyl (C=O) groups excluding carboxylic acids is 1. The molecule has 3 aromatic rings. The standard InChI is InChI=1S/C26H29NO6/c1-4-32-25(29)18-6-5-13-27(14-18)15-21-22(28)12-11-20-16(2)23(26(30)33-24(20)21)17-7-9-19(31-3)10-8-17/h7-12,18,28H,4-6,13-15H2,1-3H3. The van der Waals surface area contributed by atoms with E-state index in [1.165, 1.54) is 0 Å². The van der Waals surface area contributed by atoms with Crippen molar-refractivity contribution in [2.45, 2.75) is 33.2 Å². The maximum atomic E-state index is 13.0. The van der Waals surface area contributed by atoms with Crippen LogP contribution in [0.3, 0.4) is 0 Å². The van der Waals surface area contributed by atoms with Gasteiger partial charge < -0.3 is 19.0 Å². The molecule has 33 heavy (non-hydrogen) atoms. The predicted molar refractivity (Wildman–Crippen MR) is 126 cm³/mol. The third-order valence-corrected chi connectivity index (χ3v) is 6.30. The summed E-state index contributed by atoms with van der Waals surface area (Å²) in [6.07, 6.45) is 1.65. The van der Waals surface area contributed by atoms with Gasteiger partial charge in [-0.3, -0.25) is 9.69 Å². The Morgan fingerprint density at radius 1 is 1.21 bits per heavy atom. The van der Waals surface area contributed by atoms with E-state index in [1.54, 1.807) is 38.3 Å². The number of piperidine rings is 1. The summed E-state index contributed by atoms with van der Waals surface area (Å²) in [5, 5.41) is 11.4. The van der Waals surface area contributed by atoms with Gasteiger partial charge >= 0.3 is 11.6 Å². The normalized spacial score (nSPS) is 16.6. The number of esters is 1. The van der Waals surface area contributed by atoms with Gasteiger partial charge in [-0.25, -0.2) is 4.79 Å². The number of methoxy groups -OCH3 is 1. The van der Waals surface area contributed by atoms with E-state index in [1.807, 2.05) is 19.1 Å². The van der Waals surface area contributed by atoms with E-state index in [0.717, 1.165) is 35.9 Å². The van der Waals surface area contributed by atoms with Crippen LogP contribution in [0.25, 0.3) is 22.1 Å². The number of rotatable bonds is 6. The zero-order valence-corrected chi connectivity index (χ0v) is 19.2. The van der Waals surface area contributed by atoms with Crippen molar-refractivity contribution >= 4 is 16.9 Å². The van der Waals surface area contributed by atoms with Gasteiger partial charge in [-0.2, -0.15) is 0 Å². The lowest BCUT2D eigenvalue weighted by atomic mass is 9.96. The van der Waals surface area contributed by atoms with Crippen molar-refractivity contribution in [2.24, 2.45) is 5.92 Å². The van der Waals surface area contributed by atoms with Crippen LogP contribution >= 0.6 is 0 Å². The maximum absolute atomic E-state index is 13.0. The Labute approximate surface area is 192 Å². The van der Waals surface area contributed by atoms with E-state index in [9.17, 15) is 14.7 Å². The Balaban J connectivity index is 1.70. The van der Waals surface area contributed by atoms with E-state index < -0.39 is 5.63 Å². The van der Waals surface area contributed by atoms with E-state index in [2.05, 4.69) is 4.90 Å². The second-order valence-corrected chi connectivity index (χ2v) is 8.38. The fraction of sp³-hybridized carbons (Fsp3) is 0.385. The molecule has 1 aliphatic rings. The molecule has 0 amide bonds. The zero-order chi connectivity index (χ0) is 23.5. The molecule has 7 nitrogen and oxygen atoms in total. The number of nitrogens with zero attached hydrogens (tertiary/aromatic N) is 1. The molecule has 0 saturated carbocycles. The smallest absolute Gasteiger partial charge is 0.344 e. The molecule has 2 heterocycles. The minimum Gasteiger partial charge on any atom is -0.507 e. The van der Waals surface area contributed by atoms with Crippen LogP contribution in [0, 0.1) is 12.8 Å². The van der Waals surface area contributed by atoms with Gasteiger partial charge in [0.1, 0.15) is 17.1 Å². The molecule has 7 heteroatoms. The molecule has 1 unspecified atom stereocenters. The molecule has 174 valence electrons. The summed E-state index contributed by atoms with van der Waals surface area (Å²) in [5.41, 5.74) is 2.50. The molecule has 4 rings (SSSR count). The predicted octanol–water partition coefficient (Wildman–Crippen LogP) is 4.26. The van der Waals surface area contributed by atoms with Gasteiger partial charge in [-0.1, -0.05) is 12.1 Å². The lowest BCUT2D eigenvalue weighted by Gasteiger charge is -2.31. The molecule has 0 radical (unpaired) electrons. The fourth-order valence-corrected chi connectivity index (χ4v) is 4.58. The van der Waals surface area contributed by atoms with Crippen molar-refractivity contribution in [1.29, 1.82) is 0 Å². The highest BCUT2D eigenvalue weighted by molar-refractivity contribution is 5.90. The van der Waals surface area contributed by atoms with E-state index >= 15 is 0 Å². The topological polar surface area (TPSA) is 89.2 Å². The molecule has 0 aliphatic carbocycles. The molecule has 2 aromatic carbocycles. The van der Waals surface area contributed by atoms with E-state index in [4.69, 9.17) is 13.9 Å². The van der Waals surface area contributed by atoms with Gasteiger partial charge in [-0.05, 0) is 68.6 Å². The highest BCUT2D eigenvalue weighted by Crippen LogP contribution is 2.34. The van der Waals surface area contributed by atoms with Gasteiger partial charge in [-0.15, -0.1) is 0 Å². The molecule has 1 saturated heterocycles. The van der Waals surface area contributed by atoms with Gasteiger partial charge in [0.15, 0.2) is 0 Å². The number of aryl methyl sites for hydroxylation is 1. The molecule has 1 fully saturated rings. The van der Waals surface area contributed by atoms with Gasteiger partial charge in [0.05, 0.1) is 30.8 Å². The Bertz CT molecular complexity index is 1210. The number of aromatic hydroxyl groups is 1. The summed E-state index contributed by atoms with van der Waals surface area (Å²) in [4.78, 5) is 27.3. The van der Waals surface area contributed by atoms with Crippen LogP contribution in [-0.4, -0.2) is 42.8 Å². The quantitative estimate of drug-likeness (QED) is 0.442. The SMILES string of the molecule is CCOC(=O)C1CCCN(Cc2c(O)ccc3c(C)c(-c4ccc(OC)cc4)c(=O)oc23)C1.